The first-order valence-corrected chi connectivity index (χ1v) is 7.08. The summed E-state index contributed by atoms with van der Waals surface area (Å²) in [5.74, 6) is -2.14. The maximum absolute atomic E-state index is 13.4. The van der Waals surface area contributed by atoms with Crippen LogP contribution in [0.1, 0.15) is 18.5 Å². The largest absolute Gasteiger partial charge is 0.320 e. The molecule has 0 aliphatic heterocycles. The summed E-state index contributed by atoms with van der Waals surface area (Å²) in [5, 5.41) is 5.83. The summed E-state index contributed by atoms with van der Waals surface area (Å²) in [6, 6.07) is 10.5. The number of halogens is 3. The minimum Gasteiger partial charge on any atom is -0.320 e. The van der Waals surface area contributed by atoms with Gasteiger partial charge in [-0.25, -0.2) is 8.78 Å². The number of rotatable bonds is 5. The Labute approximate surface area is 132 Å². The molecule has 22 heavy (non-hydrogen) atoms. The second-order valence-electron chi connectivity index (χ2n) is 4.80. The first-order chi connectivity index (χ1) is 10.5. The summed E-state index contributed by atoms with van der Waals surface area (Å²) in [6.07, 6.45) is 0. The molecule has 0 spiro atoms. The third-order valence-electron chi connectivity index (χ3n) is 3.17. The van der Waals surface area contributed by atoms with Crippen LogP contribution in [0.25, 0.3) is 0 Å². The van der Waals surface area contributed by atoms with Gasteiger partial charge in [-0.2, -0.15) is 0 Å². The number of carbonyl (C=O) groups excluding carboxylic acids is 1. The van der Waals surface area contributed by atoms with Crippen molar-refractivity contribution in [3.63, 3.8) is 0 Å². The third kappa shape index (κ3) is 4.26. The van der Waals surface area contributed by atoms with E-state index in [1.54, 1.807) is 12.1 Å². The molecule has 2 aromatic rings. The summed E-state index contributed by atoms with van der Waals surface area (Å²) in [4.78, 5) is 11.8. The zero-order valence-electron chi connectivity index (χ0n) is 11.9. The number of nitrogens with one attached hydrogen (secondary N) is 2. The third-order valence-corrected chi connectivity index (χ3v) is 3.42. The predicted molar refractivity (Wildman–Crippen MR) is 82.9 cm³/mol. The normalized spacial score (nSPS) is 12.0. The van der Waals surface area contributed by atoms with Crippen LogP contribution in [0.2, 0.25) is 5.02 Å². The number of amides is 1. The molecule has 3 nitrogen and oxygen atoms in total. The second-order valence-corrected chi connectivity index (χ2v) is 5.24. The molecule has 0 fully saturated rings. The molecule has 0 aromatic heterocycles. The molecule has 0 heterocycles. The molecule has 0 unspecified atom stereocenters. The van der Waals surface area contributed by atoms with Gasteiger partial charge < -0.3 is 10.6 Å². The van der Waals surface area contributed by atoms with Gasteiger partial charge in [-0.15, -0.1) is 0 Å². The lowest BCUT2D eigenvalue weighted by Gasteiger charge is -2.14. The number of para-hydroxylation sites is 1. The summed E-state index contributed by atoms with van der Waals surface area (Å²) in [5.41, 5.74) is 0.516. The zero-order chi connectivity index (χ0) is 16.1. The van der Waals surface area contributed by atoms with E-state index in [0.29, 0.717) is 5.02 Å². The van der Waals surface area contributed by atoms with Crippen molar-refractivity contribution in [3.05, 3.63) is 64.7 Å². The van der Waals surface area contributed by atoms with Crippen LogP contribution in [0.4, 0.5) is 14.5 Å². The van der Waals surface area contributed by atoms with E-state index >= 15 is 0 Å². The van der Waals surface area contributed by atoms with E-state index in [4.69, 9.17) is 11.6 Å². The van der Waals surface area contributed by atoms with Crippen LogP contribution < -0.4 is 10.6 Å². The fourth-order valence-corrected chi connectivity index (χ4v) is 2.04. The first kappa shape index (κ1) is 16.4. The van der Waals surface area contributed by atoms with Gasteiger partial charge in [0.2, 0.25) is 5.91 Å². The van der Waals surface area contributed by atoms with Gasteiger partial charge in [0, 0.05) is 11.1 Å². The second kappa shape index (κ2) is 7.33. The molecular formula is C16H15ClF2N2O. The molecule has 0 aliphatic rings. The van der Waals surface area contributed by atoms with E-state index in [2.05, 4.69) is 10.6 Å². The van der Waals surface area contributed by atoms with Gasteiger partial charge in [0.05, 0.1) is 6.54 Å². The van der Waals surface area contributed by atoms with Crippen LogP contribution in [0.5, 0.6) is 0 Å². The van der Waals surface area contributed by atoms with Crippen LogP contribution in [0.3, 0.4) is 0 Å². The lowest BCUT2D eigenvalue weighted by molar-refractivity contribution is -0.115. The van der Waals surface area contributed by atoms with Gasteiger partial charge in [-0.05, 0) is 36.8 Å². The van der Waals surface area contributed by atoms with Crippen LogP contribution in [0.15, 0.2) is 42.5 Å². The molecule has 1 atom stereocenters. The maximum Gasteiger partial charge on any atom is 0.238 e. The molecule has 0 saturated carbocycles. The van der Waals surface area contributed by atoms with Crippen LogP contribution >= 0.6 is 11.6 Å². The minimum absolute atomic E-state index is 0.0719. The van der Waals surface area contributed by atoms with Crippen molar-refractivity contribution in [2.75, 3.05) is 11.9 Å². The maximum atomic E-state index is 13.4. The van der Waals surface area contributed by atoms with E-state index in [9.17, 15) is 13.6 Å². The summed E-state index contributed by atoms with van der Waals surface area (Å²) >= 11 is 5.81. The van der Waals surface area contributed by atoms with Crippen LogP contribution in [0, 0.1) is 11.6 Å². The number of hydrogen-bond donors (Lipinski definition) is 2. The topological polar surface area (TPSA) is 41.1 Å². The predicted octanol–water partition coefficient (Wildman–Crippen LogP) is 3.91. The average Bonchev–Trinajstić information content (AvgIpc) is 2.49. The lowest BCUT2D eigenvalue weighted by atomic mass is 10.1. The molecule has 2 N–H and O–H groups in total. The van der Waals surface area contributed by atoms with Gasteiger partial charge >= 0.3 is 0 Å². The molecule has 116 valence electrons. The number of anilines is 1. The number of hydrogen-bond acceptors (Lipinski definition) is 2. The van der Waals surface area contributed by atoms with Gasteiger partial charge in [0.15, 0.2) is 0 Å². The van der Waals surface area contributed by atoms with Crippen molar-refractivity contribution in [2.45, 2.75) is 13.0 Å². The number of benzene rings is 2. The average molecular weight is 325 g/mol. The van der Waals surface area contributed by atoms with Crippen molar-refractivity contribution >= 4 is 23.2 Å². The zero-order valence-corrected chi connectivity index (χ0v) is 12.6. The van der Waals surface area contributed by atoms with Gasteiger partial charge in [-0.3, -0.25) is 4.79 Å². The van der Waals surface area contributed by atoms with Gasteiger partial charge in [-0.1, -0.05) is 29.8 Å². The van der Waals surface area contributed by atoms with Gasteiger partial charge in [0.25, 0.3) is 0 Å². The molecule has 2 rings (SSSR count). The van der Waals surface area contributed by atoms with E-state index in [-0.39, 0.29) is 12.6 Å². The van der Waals surface area contributed by atoms with Crippen molar-refractivity contribution in [3.8, 4) is 0 Å². The monoisotopic (exact) mass is 324 g/mol. The Morgan fingerprint density at radius 3 is 2.32 bits per heavy atom. The SMILES string of the molecule is C[C@@H](NCC(=O)Nc1c(F)cccc1F)c1ccc(Cl)cc1. The Kier molecular flexibility index (Phi) is 5.46. The Morgan fingerprint density at radius 2 is 1.73 bits per heavy atom. The van der Waals surface area contributed by atoms with Crippen molar-refractivity contribution < 1.29 is 13.6 Å². The van der Waals surface area contributed by atoms with Crippen LogP contribution in [-0.2, 0) is 4.79 Å². The highest BCUT2D eigenvalue weighted by atomic mass is 35.5. The Hall–Kier alpha value is -1.98. The van der Waals surface area contributed by atoms with Crippen molar-refractivity contribution in [2.24, 2.45) is 0 Å². The minimum atomic E-state index is -0.806. The van der Waals surface area contributed by atoms with E-state index in [0.717, 1.165) is 17.7 Å². The Bertz CT molecular complexity index is 641. The quantitative estimate of drug-likeness (QED) is 0.875. The summed E-state index contributed by atoms with van der Waals surface area (Å²) in [7, 11) is 0. The highest BCUT2D eigenvalue weighted by molar-refractivity contribution is 6.30. The molecule has 0 bridgehead atoms. The fraction of sp³-hybridized carbons (Fsp3) is 0.188. The van der Waals surface area contributed by atoms with Crippen molar-refractivity contribution in [1.82, 2.24) is 5.32 Å². The molecule has 0 saturated heterocycles. The Morgan fingerprint density at radius 1 is 1.14 bits per heavy atom. The van der Waals surface area contributed by atoms with Crippen LogP contribution in [-0.4, -0.2) is 12.5 Å². The summed E-state index contributed by atoms with van der Waals surface area (Å²) in [6.45, 7) is 1.80. The molecule has 0 radical (unpaired) electrons. The molecule has 6 heteroatoms. The Balaban J connectivity index is 1.91. The molecule has 0 aliphatic carbocycles. The van der Waals surface area contributed by atoms with Gasteiger partial charge in [0.1, 0.15) is 17.3 Å². The van der Waals surface area contributed by atoms with E-state index < -0.39 is 23.2 Å². The number of carbonyl (C=O) groups is 1. The summed E-state index contributed by atoms with van der Waals surface area (Å²) < 4.78 is 26.8. The fourth-order valence-electron chi connectivity index (χ4n) is 1.92. The highest BCUT2D eigenvalue weighted by Gasteiger charge is 2.13. The standard InChI is InChI=1S/C16H15ClF2N2O/c1-10(11-5-7-12(17)8-6-11)20-9-15(22)21-16-13(18)3-2-4-14(16)19/h2-8,10,20H,9H2,1H3,(H,21,22)/t10-/m1/s1. The smallest absolute Gasteiger partial charge is 0.238 e. The molecule has 1 amide bonds. The van der Waals surface area contributed by atoms with E-state index in [1.807, 2.05) is 19.1 Å². The first-order valence-electron chi connectivity index (χ1n) is 6.70. The highest BCUT2D eigenvalue weighted by Crippen LogP contribution is 2.18. The van der Waals surface area contributed by atoms with Crippen molar-refractivity contribution in [1.29, 1.82) is 0 Å². The lowest BCUT2D eigenvalue weighted by Crippen LogP contribution is -2.30. The molecule has 2 aromatic carbocycles. The van der Waals surface area contributed by atoms with E-state index in [1.165, 1.54) is 6.07 Å². The molecular weight excluding hydrogens is 310 g/mol.